The number of rotatable bonds is 3. The summed E-state index contributed by atoms with van der Waals surface area (Å²) >= 11 is 0. The van der Waals surface area contributed by atoms with E-state index in [1.54, 1.807) is 0 Å². The van der Waals surface area contributed by atoms with Crippen molar-refractivity contribution >= 4 is 11.8 Å². The smallest absolute Gasteiger partial charge is 0.368 e. The maximum Gasteiger partial charge on any atom is 0.433 e. The van der Waals surface area contributed by atoms with Gasteiger partial charge in [-0.25, -0.2) is 4.98 Å². The molecule has 3 N–H and O–H groups in total. The van der Waals surface area contributed by atoms with Crippen LogP contribution < -0.4 is 11.1 Å². The molecule has 0 amide bonds. The van der Waals surface area contributed by atoms with Crippen molar-refractivity contribution in [2.75, 3.05) is 11.1 Å². The van der Waals surface area contributed by atoms with Gasteiger partial charge in [0.15, 0.2) is 5.69 Å². The summed E-state index contributed by atoms with van der Waals surface area (Å²) in [6.07, 6.45) is -0.707. The molecule has 1 heterocycles. The molecule has 0 bridgehead atoms. The highest BCUT2D eigenvalue weighted by Crippen LogP contribution is 2.38. The van der Waals surface area contributed by atoms with Gasteiger partial charge >= 0.3 is 6.18 Å². The Morgan fingerprint density at radius 2 is 2.06 bits per heavy atom. The molecule has 1 fully saturated rings. The van der Waals surface area contributed by atoms with Gasteiger partial charge in [-0.05, 0) is 25.7 Å². The lowest BCUT2D eigenvalue weighted by molar-refractivity contribution is -0.141. The molecule has 100 valence electrons. The number of nitrogens with two attached hydrogens (primary N) is 1. The van der Waals surface area contributed by atoms with Gasteiger partial charge in [-0.1, -0.05) is 6.92 Å². The average molecular weight is 260 g/mol. The number of nitrogens with one attached hydrogen (secondary N) is 1. The topological polar surface area (TPSA) is 63.8 Å². The van der Waals surface area contributed by atoms with Crippen molar-refractivity contribution in [1.82, 2.24) is 9.97 Å². The molecule has 1 aromatic rings. The Morgan fingerprint density at radius 1 is 1.39 bits per heavy atom. The molecule has 1 aliphatic rings. The van der Waals surface area contributed by atoms with Gasteiger partial charge in [-0.2, -0.15) is 18.2 Å². The minimum Gasteiger partial charge on any atom is -0.368 e. The van der Waals surface area contributed by atoms with E-state index in [1.165, 1.54) is 0 Å². The summed E-state index contributed by atoms with van der Waals surface area (Å²) in [5, 5.41) is 3.06. The van der Waals surface area contributed by atoms with E-state index >= 15 is 0 Å². The first-order chi connectivity index (χ1) is 8.35. The molecule has 1 aromatic heterocycles. The Hall–Kier alpha value is -1.53. The number of halogens is 3. The molecule has 18 heavy (non-hydrogen) atoms. The number of hydrogen-bond donors (Lipinski definition) is 2. The van der Waals surface area contributed by atoms with Crippen LogP contribution in [0.1, 0.15) is 38.3 Å². The second kappa shape index (κ2) is 4.29. The summed E-state index contributed by atoms with van der Waals surface area (Å²) in [5.74, 6) is -0.214. The van der Waals surface area contributed by atoms with Crippen molar-refractivity contribution in [3.63, 3.8) is 0 Å². The summed E-state index contributed by atoms with van der Waals surface area (Å²) in [6.45, 7) is 2.00. The Bertz CT molecular complexity index is 435. The van der Waals surface area contributed by atoms with Gasteiger partial charge in [0.25, 0.3) is 0 Å². The summed E-state index contributed by atoms with van der Waals surface area (Å²) < 4.78 is 37.8. The largest absolute Gasteiger partial charge is 0.433 e. The van der Waals surface area contributed by atoms with E-state index in [1.807, 2.05) is 6.92 Å². The first-order valence-electron chi connectivity index (χ1n) is 5.85. The van der Waals surface area contributed by atoms with Gasteiger partial charge < -0.3 is 11.1 Å². The lowest BCUT2D eigenvalue weighted by Crippen LogP contribution is -2.44. The van der Waals surface area contributed by atoms with Crippen molar-refractivity contribution in [2.24, 2.45) is 0 Å². The third kappa shape index (κ3) is 2.49. The maximum absolute atomic E-state index is 12.6. The van der Waals surface area contributed by atoms with E-state index in [4.69, 9.17) is 5.73 Å². The molecule has 4 nitrogen and oxygen atoms in total. The van der Waals surface area contributed by atoms with E-state index < -0.39 is 11.9 Å². The molecule has 0 spiro atoms. The first-order valence-corrected chi connectivity index (χ1v) is 5.85. The molecule has 1 aliphatic carbocycles. The molecular weight excluding hydrogens is 245 g/mol. The fourth-order valence-electron chi connectivity index (χ4n) is 2.12. The minimum atomic E-state index is -4.51. The second-order valence-electron chi connectivity index (χ2n) is 4.61. The van der Waals surface area contributed by atoms with Crippen LogP contribution >= 0.6 is 0 Å². The van der Waals surface area contributed by atoms with Gasteiger partial charge in [-0.15, -0.1) is 0 Å². The molecule has 0 atom stereocenters. The van der Waals surface area contributed by atoms with Crippen molar-refractivity contribution in [1.29, 1.82) is 0 Å². The van der Waals surface area contributed by atoms with Gasteiger partial charge in [-0.3, -0.25) is 0 Å². The highest BCUT2D eigenvalue weighted by Gasteiger charge is 2.37. The number of nitrogens with zero attached hydrogens (tertiary/aromatic N) is 2. The number of hydrogen-bond acceptors (Lipinski definition) is 4. The highest BCUT2D eigenvalue weighted by molar-refractivity contribution is 5.44. The van der Waals surface area contributed by atoms with Crippen LogP contribution in [0.4, 0.5) is 24.9 Å². The molecule has 7 heteroatoms. The van der Waals surface area contributed by atoms with Crippen LogP contribution in [0, 0.1) is 0 Å². The van der Waals surface area contributed by atoms with Gasteiger partial charge in [0, 0.05) is 11.6 Å². The Kier molecular flexibility index (Phi) is 3.08. The van der Waals surface area contributed by atoms with Crippen molar-refractivity contribution in [2.45, 2.75) is 44.3 Å². The Labute approximate surface area is 103 Å². The minimum absolute atomic E-state index is 0.135. The normalized spacial score (nSPS) is 18.2. The summed E-state index contributed by atoms with van der Waals surface area (Å²) in [7, 11) is 0. The van der Waals surface area contributed by atoms with E-state index in [2.05, 4.69) is 15.3 Å². The molecule has 2 rings (SSSR count). The average Bonchev–Trinajstić information content (AvgIpc) is 2.21. The van der Waals surface area contributed by atoms with Crippen molar-refractivity contribution in [3.05, 3.63) is 11.8 Å². The quantitative estimate of drug-likeness (QED) is 0.877. The first kappa shape index (κ1) is 12.9. The molecule has 0 unspecified atom stereocenters. The fraction of sp³-hybridized carbons (Fsp3) is 0.636. The zero-order valence-electron chi connectivity index (χ0n) is 10.0. The molecule has 1 saturated carbocycles. The van der Waals surface area contributed by atoms with Crippen LogP contribution in [0.15, 0.2) is 6.07 Å². The van der Waals surface area contributed by atoms with Crippen LogP contribution in [0.3, 0.4) is 0 Å². The Balaban J connectivity index is 2.26. The van der Waals surface area contributed by atoms with Gasteiger partial charge in [0.1, 0.15) is 5.82 Å². The maximum atomic E-state index is 12.6. The Morgan fingerprint density at radius 3 is 2.50 bits per heavy atom. The molecule has 0 aliphatic heterocycles. The molecule has 0 saturated heterocycles. The predicted octanol–water partition coefficient (Wildman–Crippen LogP) is 2.82. The lowest BCUT2D eigenvalue weighted by Gasteiger charge is -2.42. The fourth-order valence-corrected chi connectivity index (χ4v) is 2.12. The van der Waals surface area contributed by atoms with Crippen LogP contribution in [-0.2, 0) is 6.18 Å². The zero-order chi connectivity index (χ0) is 13.4. The number of alkyl halides is 3. The summed E-state index contributed by atoms with van der Waals surface area (Å²) in [6, 6.07) is 0.909. The predicted molar refractivity (Wildman–Crippen MR) is 61.9 cm³/mol. The monoisotopic (exact) mass is 260 g/mol. The summed E-state index contributed by atoms with van der Waals surface area (Å²) in [4.78, 5) is 7.02. The van der Waals surface area contributed by atoms with Crippen molar-refractivity contribution in [3.8, 4) is 0 Å². The standard InChI is InChI=1S/C11H15F3N4/c1-2-10(4-3-5-10)18-8-6-7(11(12,13)14)16-9(15)17-8/h6H,2-5H2,1H3,(H3,15,16,17,18). The SMILES string of the molecule is CCC1(Nc2cc(C(F)(F)F)nc(N)n2)CCC1. The van der Waals surface area contributed by atoms with E-state index in [-0.39, 0.29) is 17.3 Å². The lowest BCUT2D eigenvalue weighted by atomic mass is 9.75. The van der Waals surface area contributed by atoms with Gasteiger partial charge in [0.2, 0.25) is 5.95 Å². The number of anilines is 2. The van der Waals surface area contributed by atoms with E-state index in [9.17, 15) is 13.2 Å². The van der Waals surface area contributed by atoms with Crippen LogP contribution in [0.2, 0.25) is 0 Å². The third-order valence-electron chi connectivity index (χ3n) is 3.41. The third-order valence-corrected chi connectivity index (χ3v) is 3.41. The van der Waals surface area contributed by atoms with Crippen LogP contribution in [0.5, 0.6) is 0 Å². The van der Waals surface area contributed by atoms with Crippen molar-refractivity contribution < 1.29 is 13.2 Å². The molecule has 0 aromatic carbocycles. The van der Waals surface area contributed by atoms with E-state index in [0.717, 1.165) is 31.7 Å². The van der Waals surface area contributed by atoms with Gasteiger partial charge in [0.05, 0.1) is 0 Å². The van der Waals surface area contributed by atoms with Crippen LogP contribution in [-0.4, -0.2) is 15.5 Å². The second-order valence-corrected chi connectivity index (χ2v) is 4.61. The zero-order valence-corrected chi connectivity index (χ0v) is 10.0. The number of aromatic nitrogens is 2. The molecule has 0 radical (unpaired) electrons. The molecular formula is C11H15F3N4. The summed E-state index contributed by atoms with van der Waals surface area (Å²) in [5.41, 5.74) is 4.17. The highest BCUT2D eigenvalue weighted by atomic mass is 19.4. The number of nitrogen functional groups attached to an aromatic ring is 1. The van der Waals surface area contributed by atoms with E-state index in [0.29, 0.717) is 0 Å². The van der Waals surface area contributed by atoms with Crippen LogP contribution in [0.25, 0.3) is 0 Å².